The van der Waals surface area contributed by atoms with Crippen molar-refractivity contribution >= 4 is 16.9 Å². The number of carbonyl (C=O) groups is 1. The normalized spacial score (nSPS) is 27.7. The summed E-state index contributed by atoms with van der Waals surface area (Å²) in [5.74, 6) is 1.88. The number of hydrogen-bond acceptors (Lipinski definition) is 5. The van der Waals surface area contributed by atoms with Crippen LogP contribution in [0.25, 0.3) is 0 Å². The van der Waals surface area contributed by atoms with E-state index < -0.39 is 0 Å². The molecule has 1 N–H and O–H groups in total. The zero-order valence-corrected chi connectivity index (χ0v) is 11.8. The summed E-state index contributed by atoms with van der Waals surface area (Å²) in [5, 5.41) is 3.69. The Morgan fingerprint density at radius 1 is 1.56 bits per heavy atom. The topological polar surface area (TPSA) is 41.6 Å². The van der Waals surface area contributed by atoms with Crippen LogP contribution in [0.2, 0.25) is 0 Å². The largest absolute Gasteiger partial charge is 0.378 e. The van der Waals surface area contributed by atoms with Gasteiger partial charge in [-0.1, -0.05) is 23.9 Å². The molecular weight excluding hydrogens is 248 g/mol. The second kappa shape index (κ2) is 5.80. The molecule has 18 heavy (non-hydrogen) atoms. The van der Waals surface area contributed by atoms with Gasteiger partial charge in [0.15, 0.2) is 5.12 Å². The van der Waals surface area contributed by atoms with Crippen LogP contribution in [0.4, 0.5) is 0 Å². The van der Waals surface area contributed by atoms with Gasteiger partial charge in [-0.2, -0.15) is 0 Å². The van der Waals surface area contributed by atoms with Gasteiger partial charge in [0.2, 0.25) is 0 Å². The van der Waals surface area contributed by atoms with Crippen LogP contribution in [0.1, 0.15) is 13.8 Å². The molecule has 0 aromatic carbocycles. The van der Waals surface area contributed by atoms with Gasteiger partial charge in [-0.05, 0) is 13.0 Å². The first-order chi connectivity index (χ1) is 8.59. The van der Waals surface area contributed by atoms with Crippen molar-refractivity contribution in [2.24, 2.45) is 0 Å². The van der Waals surface area contributed by atoms with Gasteiger partial charge in [0.1, 0.15) is 5.82 Å². The number of nitrogens with zero attached hydrogens (tertiary/aromatic N) is 1. The fraction of sp³-hybridized carbons (Fsp3) is 0.615. The lowest BCUT2D eigenvalue weighted by Crippen LogP contribution is -2.50. The third kappa shape index (κ3) is 3.53. The Labute approximate surface area is 112 Å². The summed E-state index contributed by atoms with van der Waals surface area (Å²) in [4.78, 5) is 13.4. The molecule has 1 fully saturated rings. The van der Waals surface area contributed by atoms with Gasteiger partial charge in [-0.3, -0.25) is 4.79 Å². The lowest BCUT2D eigenvalue weighted by Gasteiger charge is -2.38. The fourth-order valence-electron chi connectivity index (χ4n) is 2.05. The van der Waals surface area contributed by atoms with Crippen LogP contribution < -0.4 is 5.32 Å². The Kier molecular flexibility index (Phi) is 4.35. The van der Waals surface area contributed by atoms with Crippen LogP contribution in [0.5, 0.6) is 0 Å². The molecule has 5 heteroatoms. The Bertz CT molecular complexity index is 375. The van der Waals surface area contributed by atoms with Crippen molar-refractivity contribution in [2.45, 2.75) is 19.4 Å². The Hall–Kier alpha value is -0.940. The Balaban J connectivity index is 1.96. The van der Waals surface area contributed by atoms with E-state index in [9.17, 15) is 4.79 Å². The summed E-state index contributed by atoms with van der Waals surface area (Å²) < 4.78 is 5.36. The van der Waals surface area contributed by atoms with Crippen LogP contribution in [0.3, 0.4) is 0 Å². The van der Waals surface area contributed by atoms with Crippen molar-refractivity contribution in [1.82, 2.24) is 10.2 Å². The number of nitrogens with one attached hydrogen (secondary N) is 1. The van der Waals surface area contributed by atoms with Gasteiger partial charge in [-0.25, -0.2) is 0 Å². The van der Waals surface area contributed by atoms with Crippen LogP contribution in [0.15, 0.2) is 24.0 Å². The first-order valence-electron chi connectivity index (χ1n) is 6.23. The number of morpholine rings is 1. The second-order valence-electron chi connectivity index (χ2n) is 4.83. The molecule has 0 saturated carbocycles. The standard InChI is InChI=1S/C13H20N2O2S/c1-11(16)18-10-13(2)5-3-4-12(14-13)15-6-8-17-9-7-15/h3-5,14H,6-10H2,1-2H3. The summed E-state index contributed by atoms with van der Waals surface area (Å²) >= 11 is 1.36. The predicted molar refractivity (Wildman–Crippen MR) is 74.3 cm³/mol. The van der Waals surface area contributed by atoms with Crippen LogP contribution in [-0.2, 0) is 9.53 Å². The average molecular weight is 268 g/mol. The van der Waals surface area contributed by atoms with E-state index in [4.69, 9.17) is 4.74 Å². The van der Waals surface area contributed by atoms with Crippen molar-refractivity contribution in [1.29, 1.82) is 0 Å². The number of rotatable bonds is 3. The number of carbonyl (C=O) groups excluding carboxylic acids is 1. The summed E-state index contributed by atoms with van der Waals surface area (Å²) in [6.07, 6.45) is 6.28. The molecule has 0 radical (unpaired) electrons. The summed E-state index contributed by atoms with van der Waals surface area (Å²) in [5.41, 5.74) is -0.154. The summed E-state index contributed by atoms with van der Waals surface area (Å²) in [7, 11) is 0. The average Bonchev–Trinajstić information content (AvgIpc) is 2.38. The maximum Gasteiger partial charge on any atom is 0.185 e. The lowest BCUT2D eigenvalue weighted by atomic mass is 10.0. The molecule has 1 saturated heterocycles. The zero-order chi connectivity index (χ0) is 13.0. The van der Waals surface area contributed by atoms with E-state index in [0.717, 1.165) is 37.9 Å². The van der Waals surface area contributed by atoms with Gasteiger partial charge >= 0.3 is 0 Å². The highest BCUT2D eigenvalue weighted by Crippen LogP contribution is 2.22. The highest BCUT2D eigenvalue weighted by Gasteiger charge is 2.27. The monoisotopic (exact) mass is 268 g/mol. The molecule has 0 amide bonds. The van der Waals surface area contributed by atoms with Gasteiger partial charge in [0.05, 0.1) is 18.8 Å². The van der Waals surface area contributed by atoms with Crippen molar-refractivity contribution in [3.8, 4) is 0 Å². The molecule has 0 aliphatic carbocycles. The second-order valence-corrected chi connectivity index (χ2v) is 5.99. The van der Waals surface area contributed by atoms with Crippen molar-refractivity contribution in [2.75, 3.05) is 32.1 Å². The highest BCUT2D eigenvalue weighted by molar-refractivity contribution is 8.13. The maximum absolute atomic E-state index is 11.1. The molecule has 0 aromatic heterocycles. The summed E-state index contributed by atoms with van der Waals surface area (Å²) in [6, 6.07) is 0. The van der Waals surface area contributed by atoms with E-state index in [1.807, 2.05) is 0 Å². The van der Waals surface area contributed by atoms with Crippen LogP contribution in [-0.4, -0.2) is 47.6 Å². The molecule has 2 aliphatic heterocycles. The molecule has 100 valence electrons. The summed E-state index contributed by atoms with van der Waals surface area (Å²) in [6.45, 7) is 7.13. The van der Waals surface area contributed by atoms with Gasteiger partial charge in [0, 0.05) is 25.8 Å². The van der Waals surface area contributed by atoms with E-state index in [1.54, 1.807) is 6.92 Å². The third-order valence-corrected chi connectivity index (χ3v) is 4.21. The van der Waals surface area contributed by atoms with Gasteiger partial charge < -0.3 is 15.0 Å². The van der Waals surface area contributed by atoms with E-state index in [-0.39, 0.29) is 10.7 Å². The molecule has 4 nitrogen and oxygen atoms in total. The molecule has 0 spiro atoms. The minimum absolute atomic E-state index is 0.154. The maximum atomic E-state index is 11.1. The van der Waals surface area contributed by atoms with Crippen molar-refractivity contribution in [3.05, 3.63) is 24.0 Å². The lowest BCUT2D eigenvalue weighted by molar-refractivity contribution is -0.109. The fourth-order valence-corrected chi connectivity index (χ4v) is 2.72. The Morgan fingerprint density at radius 2 is 2.28 bits per heavy atom. The first-order valence-corrected chi connectivity index (χ1v) is 7.21. The SMILES string of the molecule is CC(=O)SCC1(C)C=CC=C(N2CCOCC2)N1. The predicted octanol–water partition coefficient (Wildman–Crippen LogP) is 1.36. The number of ether oxygens (including phenoxy) is 1. The Morgan fingerprint density at radius 3 is 2.94 bits per heavy atom. The van der Waals surface area contributed by atoms with Crippen LogP contribution in [0, 0.1) is 0 Å². The number of hydrogen-bond donors (Lipinski definition) is 1. The number of allylic oxidation sites excluding steroid dienone is 2. The van der Waals surface area contributed by atoms with E-state index in [2.05, 4.69) is 35.4 Å². The number of thioether (sulfide) groups is 1. The molecule has 2 heterocycles. The molecular formula is C13H20N2O2S. The van der Waals surface area contributed by atoms with E-state index in [0.29, 0.717) is 0 Å². The van der Waals surface area contributed by atoms with Crippen molar-refractivity contribution in [3.63, 3.8) is 0 Å². The van der Waals surface area contributed by atoms with Crippen molar-refractivity contribution < 1.29 is 9.53 Å². The molecule has 0 aromatic rings. The van der Waals surface area contributed by atoms with Gasteiger partial charge in [0.25, 0.3) is 0 Å². The smallest absolute Gasteiger partial charge is 0.185 e. The third-order valence-electron chi connectivity index (χ3n) is 3.06. The minimum Gasteiger partial charge on any atom is -0.378 e. The zero-order valence-electron chi connectivity index (χ0n) is 10.9. The quantitative estimate of drug-likeness (QED) is 0.837. The van der Waals surface area contributed by atoms with E-state index in [1.165, 1.54) is 11.8 Å². The molecule has 0 bridgehead atoms. The molecule has 2 aliphatic rings. The molecule has 2 rings (SSSR count). The van der Waals surface area contributed by atoms with E-state index >= 15 is 0 Å². The number of dihydropyridines is 1. The highest BCUT2D eigenvalue weighted by atomic mass is 32.2. The van der Waals surface area contributed by atoms with Crippen LogP contribution >= 0.6 is 11.8 Å². The minimum atomic E-state index is -0.154. The first kappa shape index (κ1) is 13.5. The van der Waals surface area contributed by atoms with Gasteiger partial charge in [-0.15, -0.1) is 0 Å². The molecule has 1 atom stereocenters. The molecule has 1 unspecified atom stereocenters.